The zero-order valence-electron chi connectivity index (χ0n) is 13.7. The Kier molecular flexibility index (Phi) is 3.82. The standard InChI is InChI=1S/C18H20N6/c1-12-10-21-18(22-14-7-5-13(19)6-8-14)23-17(12)15-11-20-16-4-2-3-9-24(15)16/h2-4,9-11,13H,5-8,19H2,1H3. The zero-order valence-corrected chi connectivity index (χ0v) is 13.7. The van der Waals surface area contributed by atoms with Crippen LogP contribution in [0.4, 0.5) is 5.95 Å². The van der Waals surface area contributed by atoms with Gasteiger partial charge in [-0.15, -0.1) is 0 Å². The first kappa shape index (κ1) is 15.0. The van der Waals surface area contributed by atoms with Crippen molar-refractivity contribution < 1.29 is 0 Å². The van der Waals surface area contributed by atoms with Crippen molar-refractivity contribution >= 4 is 17.3 Å². The molecule has 4 rings (SSSR count). The summed E-state index contributed by atoms with van der Waals surface area (Å²) >= 11 is 0. The van der Waals surface area contributed by atoms with E-state index in [1.807, 2.05) is 48.1 Å². The Balaban J connectivity index is 1.73. The molecule has 3 aromatic heterocycles. The van der Waals surface area contributed by atoms with Crippen LogP contribution in [0.3, 0.4) is 0 Å². The van der Waals surface area contributed by atoms with Gasteiger partial charge in [0.25, 0.3) is 0 Å². The molecule has 6 heteroatoms. The van der Waals surface area contributed by atoms with E-state index in [0.29, 0.717) is 12.0 Å². The predicted octanol–water partition coefficient (Wildman–Crippen LogP) is 3.07. The van der Waals surface area contributed by atoms with Crippen molar-refractivity contribution in [3.05, 3.63) is 42.4 Å². The van der Waals surface area contributed by atoms with Gasteiger partial charge in [0.05, 0.1) is 17.6 Å². The van der Waals surface area contributed by atoms with E-state index in [1.54, 1.807) is 0 Å². The van der Waals surface area contributed by atoms with Crippen molar-refractivity contribution in [3.63, 3.8) is 0 Å². The van der Waals surface area contributed by atoms with Gasteiger partial charge in [-0.3, -0.25) is 4.40 Å². The molecule has 1 aliphatic carbocycles. The topological polar surface area (TPSA) is 81.5 Å². The van der Waals surface area contributed by atoms with Gasteiger partial charge in [-0.25, -0.2) is 19.9 Å². The van der Waals surface area contributed by atoms with Gasteiger partial charge >= 0.3 is 0 Å². The van der Waals surface area contributed by atoms with E-state index in [9.17, 15) is 0 Å². The van der Waals surface area contributed by atoms with Crippen LogP contribution in [0.2, 0.25) is 0 Å². The number of aryl methyl sites for hydroxylation is 1. The molecule has 0 spiro atoms. The third kappa shape index (κ3) is 2.80. The molecule has 2 N–H and O–H groups in total. The number of pyridine rings is 1. The third-order valence-electron chi connectivity index (χ3n) is 4.48. The monoisotopic (exact) mass is 320 g/mol. The van der Waals surface area contributed by atoms with Crippen LogP contribution in [0.15, 0.2) is 41.8 Å². The van der Waals surface area contributed by atoms with E-state index in [4.69, 9.17) is 5.73 Å². The van der Waals surface area contributed by atoms with Gasteiger partial charge in [-0.2, -0.15) is 0 Å². The maximum Gasteiger partial charge on any atom is 0.249 e. The first-order chi connectivity index (χ1) is 11.7. The fourth-order valence-corrected chi connectivity index (χ4v) is 3.08. The van der Waals surface area contributed by atoms with Crippen molar-refractivity contribution in [2.45, 2.75) is 38.6 Å². The Morgan fingerprint density at radius 1 is 1.17 bits per heavy atom. The molecule has 0 atom stereocenters. The second kappa shape index (κ2) is 6.13. The Hall–Kier alpha value is -2.60. The molecule has 0 amide bonds. The second-order valence-electron chi connectivity index (χ2n) is 6.29. The van der Waals surface area contributed by atoms with Crippen LogP contribution in [0.5, 0.6) is 0 Å². The molecule has 1 fully saturated rings. The van der Waals surface area contributed by atoms with Crippen LogP contribution >= 0.6 is 0 Å². The fraction of sp³-hybridized carbons (Fsp3) is 0.333. The number of nitrogens with two attached hydrogens (primary N) is 1. The van der Waals surface area contributed by atoms with Crippen LogP contribution in [0, 0.1) is 6.92 Å². The van der Waals surface area contributed by atoms with E-state index in [2.05, 4.69) is 19.9 Å². The van der Waals surface area contributed by atoms with E-state index < -0.39 is 0 Å². The summed E-state index contributed by atoms with van der Waals surface area (Å²) < 4.78 is 2.03. The lowest BCUT2D eigenvalue weighted by Crippen LogP contribution is -2.26. The predicted molar refractivity (Wildman–Crippen MR) is 94.5 cm³/mol. The summed E-state index contributed by atoms with van der Waals surface area (Å²) in [5.41, 5.74) is 10.8. The molecule has 0 bridgehead atoms. The Morgan fingerprint density at radius 3 is 2.83 bits per heavy atom. The quantitative estimate of drug-likeness (QED) is 0.786. The summed E-state index contributed by atoms with van der Waals surface area (Å²) in [5, 5.41) is 0. The van der Waals surface area contributed by atoms with Crippen LogP contribution in [0.1, 0.15) is 31.2 Å². The van der Waals surface area contributed by atoms with Gasteiger partial charge < -0.3 is 5.73 Å². The molecule has 0 aliphatic heterocycles. The first-order valence-electron chi connectivity index (χ1n) is 8.29. The van der Waals surface area contributed by atoms with Crippen molar-refractivity contribution in [2.75, 3.05) is 0 Å². The van der Waals surface area contributed by atoms with Crippen molar-refractivity contribution in [1.29, 1.82) is 0 Å². The molecule has 6 nitrogen and oxygen atoms in total. The average Bonchev–Trinajstić information content (AvgIpc) is 3.03. The van der Waals surface area contributed by atoms with E-state index >= 15 is 0 Å². The van der Waals surface area contributed by atoms with Crippen molar-refractivity contribution in [3.8, 4) is 11.4 Å². The largest absolute Gasteiger partial charge is 0.328 e. The highest BCUT2D eigenvalue weighted by Gasteiger charge is 2.15. The number of hydrogen-bond acceptors (Lipinski definition) is 5. The maximum atomic E-state index is 5.96. The van der Waals surface area contributed by atoms with E-state index in [0.717, 1.165) is 54.0 Å². The van der Waals surface area contributed by atoms with Gasteiger partial charge in [0.15, 0.2) is 0 Å². The summed E-state index contributed by atoms with van der Waals surface area (Å²) in [6, 6.07) is 6.24. The normalized spacial score (nSPS) is 18.1. The highest BCUT2D eigenvalue weighted by atomic mass is 15.1. The molecule has 24 heavy (non-hydrogen) atoms. The summed E-state index contributed by atoms with van der Waals surface area (Å²) in [7, 11) is 0. The van der Waals surface area contributed by atoms with Crippen LogP contribution in [0.25, 0.3) is 17.0 Å². The van der Waals surface area contributed by atoms with Gasteiger partial charge in [-0.1, -0.05) is 6.07 Å². The van der Waals surface area contributed by atoms with Gasteiger partial charge in [0.2, 0.25) is 5.95 Å². The molecular formula is C18H20N6. The van der Waals surface area contributed by atoms with Crippen LogP contribution < -0.4 is 5.73 Å². The number of aliphatic imine (C=N–C) groups is 1. The molecule has 0 radical (unpaired) electrons. The summed E-state index contributed by atoms with van der Waals surface area (Å²) in [6.45, 7) is 2.01. The second-order valence-corrected chi connectivity index (χ2v) is 6.29. The SMILES string of the molecule is Cc1cnc(N=C2CCC(N)CC2)nc1-c1cnc2ccccn12. The molecule has 0 unspecified atom stereocenters. The van der Waals surface area contributed by atoms with Crippen molar-refractivity contribution in [1.82, 2.24) is 19.4 Å². The minimum Gasteiger partial charge on any atom is -0.328 e. The molecular weight excluding hydrogens is 300 g/mol. The summed E-state index contributed by atoms with van der Waals surface area (Å²) in [4.78, 5) is 18.2. The fourth-order valence-electron chi connectivity index (χ4n) is 3.08. The van der Waals surface area contributed by atoms with E-state index in [-0.39, 0.29) is 0 Å². The number of aromatic nitrogens is 4. The number of imidazole rings is 1. The van der Waals surface area contributed by atoms with Crippen LogP contribution in [-0.2, 0) is 0 Å². The number of fused-ring (bicyclic) bond motifs is 1. The minimum absolute atomic E-state index is 0.302. The van der Waals surface area contributed by atoms with Crippen molar-refractivity contribution in [2.24, 2.45) is 10.7 Å². The minimum atomic E-state index is 0.302. The Labute approximate surface area is 140 Å². The Morgan fingerprint density at radius 2 is 2.00 bits per heavy atom. The molecule has 1 aliphatic rings. The van der Waals surface area contributed by atoms with Gasteiger partial charge in [0, 0.05) is 24.1 Å². The smallest absolute Gasteiger partial charge is 0.249 e. The number of rotatable bonds is 2. The highest BCUT2D eigenvalue weighted by Crippen LogP contribution is 2.24. The lowest BCUT2D eigenvalue weighted by Gasteiger charge is -2.18. The van der Waals surface area contributed by atoms with Crippen LogP contribution in [-0.4, -0.2) is 31.1 Å². The van der Waals surface area contributed by atoms with Gasteiger partial charge in [-0.05, 0) is 50.3 Å². The molecule has 122 valence electrons. The lowest BCUT2D eigenvalue weighted by atomic mass is 9.94. The lowest BCUT2D eigenvalue weighted by molar-refractivity contribution is 0.558. The highest BCUT2D eigenvalue weighted by molar-refractivity contribution is 5.87. The zero-order chi connectivity index (χ0) is 16.5. The molecule has 0 saturated heterocycles. The van der Waals surface area contributed by atoms with Gasteiger partial charge in [0.1, 0.15) is 5.65 Å². The number of nitrogens with zero attached hydrogens (tertiary/aromatic N) is 5. The molecule has 0 aromatic carbocycles. The molecule has 1 saturated carbocycles. The van der Waals surface area contributed by atoms with E-state index in [1.165, 1.54) is 0 Å². The average molecular weight is 320 g/mol. The summed E-state index contributed by atoms with van der Waals surface area (Å²) in [5.74, 6) is 0.520. The Bertz CT molecular complexity index is 901. The summed E-state index contributed by atoms with van der Waals surface area (Å²) in [6.07, 6.45) is 9.52. The molecule has 3 heterocycles. The first-order valence-corrected chi connectivity index (χ1v) is 8.29. The third-order valence-corrected chi connectivity index (χ3v) is 4.48. The molecule has 3 aromatic rings. The maximum absolute atomic E-state index is 5.96. The number of hydrogen-bond donors (Lipinski definition) is 1.